The predicted octanol–water partition coefficient (Wildman–Crippen LogP) is 3.85. The molecule has 1 aromatic rings. The van der Waals surface area contributed by atoms with Gasteiger partial charge < -0.3 is 20.5 Å². The Morgan fingerprint density at radius 3 is 2.56 bits per heavy atom. The van der Waals surface area contributed by atoms with Crippen molar-refractivity contribution >= 4 is 6.09 Å². The zero-order valence-electron chi connectivity index (χ0n) is 15.3. The van der Waals surface area contributed by atoms with Crippen molar-refractivity contribution in [2.24, 2.45) is 0 Å². The molecule has 1 aromatic carbocycles. The van der Waals surface area contributed by atoms with Crippen LogP contribution in [-0.4, -0.2) is 28.9 Å². The Hall–Kier alpha value is -1.82. The molecule has 0 radical (unpaired) electrons. The largest absolute Gasteiger partial charge is 0.505 e. The molecule has 1 saturated carbocycles. The van der Waals surface area contributed by atoms with Gasteiger partial charge in [-0.2, -0.15) is 0 Å². The first-order valence-corrected chi connectivity index (χ1v) is 8.95. The highest BCUT2D eigenvalue weighted by atomic mass is 19.1. The van der Waals surface area contributed by atoms with Crippen molar-refractivity contribution in [3.8, 4) is 5.75 Å². The van der Waals surface area contributed by atoms with E-state index in [1.807, 2.05) is 20.8 Å². The van der Waals surface area contributed by atoms with Gasteiger partial charge in [0.2, 0.25) is 0 Å². The van der Waals surface area contributed by atoms with Crippen LogP contribution >= 0.6 is 0 Å². The number of carbonyl (C=O) groups excluding carboxylic acids is 1. The minimum absolute atomic E-state index is 0.0145. The van der Waals surface area contributed by atoms with Crippen LogP contribution in [0.5, 0.6) is 5.75 Å². The fraction of sp³-hybridized carbons (Fsp3) is 0.632. The van der Waals surface area contributed by atoms with Crippen molar-refractivity contribution in [1.82, 2.24) is 10.6 Å². The van der Waals surface area contributed by atoms with E-state index in [2.05, 4.69) is 10.6 Å². The number of hydrogen-bond acceptors (Lipinski definition) is 4. The molecule has 1 amide bonds. The van der Waals surface area contributed by atoms with Gasteiger partial charge >= 0.3 is 6.09 Å². The number of rotatable bonds is 4. The lowest BCUT2D eigenvalue weighted by molar-refractivity contribution is 0.0489. The van der Waals surface area contributed by atoms with Crippen molar-refractivity contribution in [1.29, 1.82) is 0 Å². The van der Waals surface area contributed by atoms with Crippen LogP contribution in [0.25, 0.3) is 0 Å². The van der Waals surface area contributed by atoms with E-state index in [-0.39, 0.29) is 17.8 Å². The number of phenols is 1. The molecule has 5 nitrogen and oxygen atoms in total. The molecule has 3 N–H and O–H groups in total. The zero-order valence-corrected chi connectivity index (χ0v) is 15.3. The number of halogens is 1. The van der Waals surface area contributed by atoms with Crippen LogP contribution < -0.4 is 10.6 Å². The minimum atomic E-state index is -0.622. The van der Waals surface area contributed by atoms with Crippen LogP contribution in [0, 0.1) is 5.82 Å². The normalized spacial score (nSPS) is 21.4. The molecule has 0 saturated heterocycles. The van der Waals surface area contributed by atoms with Gasteiger partial charge in [0.15, 0.2) is 11.6 Å². The highest BCUT2D eigenvalue weighted by Gasteiger charge is 2.27. The first-order valence-electron chi connectivity index (χ1n) is 8.95. The van der Waals surface area contributed by atoms with Crippen molar-refractivity contribution in [3.05, 3.63) is 29.6 Å². The van der Waals surface area contributed by atoms with Gasteiger partial charge in [-0.05, 0) is 51.3 Å². The van der Waals surface area contributed by atoms with E-state index in [1.165, 1.54) is 12.1 Å². The van der Waals surface area contributed by atoms with Gasteiger partial charge in [-0.1, -0.05) is 25.3 Å². The molecule has 1 aliphatic carbocycles. The van der Waals surface area contributed by atoms with Crippen LogP contribution in [0.4, 0.5) is 9.18 Å². The lowest BCUT2D eigenvalue weighted by Crippen LogP contribution is -2.50. The quantitative estimate of drug-likeness (QED) is 0.720. The molecule has 2 rings (SSSR count). The van der Waals surface area contributed by atoms with Crippen molar-refractivity contribution in [3.63, 3.8) is 0 Å². The summed E-state index contributed by atoms with van der Waals surface area (Å²) in [4.78, 5) is 12.1. The third-order valence-electron chi connectivity index (χ3n) is 4.30. The number of alkyl carbamates (subject to hydrolysis) is 1. The number of amides is 1. The molecule has 0 spiro atoms. The van der Waals surface area contributed by atoms with Crippen molar-refractivity contribution in [2.75, 3.05) is 0 Å². The average Bonchev–Trinajstić information content (AvgIpc) is 2.72. The van der Waals surface area contributed by atoms with Crippen LogP contribution in [0.2, 0.25) is 0 Å². The third kappa shape index (κ3) is 6.53. The van der Waals surface area contributed by atoms with Gasteiger partial charge in [0.25, 0.3) is 0 Å². The van der Waals surface area contributed by atoms with Gasteiger partial charge in [0, 0.05) is 18.6 Å². The Labute approximate surface area is 149 Å². The molecular weight excluding hydrogens is 323 g/mol. The van der Waals surface area contributed by atoms with Crippen molar-refractivity contribution < 1.29 is 19.0 Å². The number of hydrogen-bond donors (Lipinski definition) is 3. The summed E-state index contributed by atoms with van der Waals surface area (Å²) in [6.45, 7) is 6.01. The van der Waals surface area contributed by atoms with Gasteiger partial charge in [-0.3, -0.25) is 0 Å². The van der Waals surface area contributed by atoms with E-state index in [0.717, 1.165) is 37.7 Å². The highest BCUT2D eigenvalue weighted by Crippen LogP contribution is 2.21. The van der Waals surface area contributed by atoms with Gasteiger partial charge in [0.1, 0.15) is 5.60 Å². The number of ether oxygens (including phenoxy) is 1. The molecule has 0 aromatic heterocycles. The molecule has 6 heteroatoms. The topological polar surface area (TPSA) is 70.6 Å². The Kier molecular flexibility index (Phi) is 6.64. The van der Waals surface area contributed by atoms with Crippen LogP contribution in [-0.2, 0) is 11.3 Å². The maximum Gasteiger partial charge on any atom is 0.407 e. The molecule has 2 atom stereocenters. The number of nitrogens with one attached hydrogen (secondary N) is 2. The van der Waals surface area contributed by atoms with Gasteiger partial charge in [-0.15, -0.1) is 0 Å². The third-order valence-corrected chi connectivity index (χ3v) is 4.30. The Bertz CT molecular complexity index is 587. The first kappa shape index (κ1) is 19.5. The van der Waals surface area contributed by atoms with Gasteiger partial charge in [-0.25, -0.2) is 9.18 Å². The lowest BCUT2D eigenvalue weighted by Gasteiger charge is -2.29. The van der Waals surface area contributed by atoms with E-state index in [9.17, 15) is 14.3 Å². The second-order valence-corrected chi connectivity index (χ2v) is 7.66. The molecule has 1 fully saturated rings. The Morgan fingerprint density at radius 1 is 1.24 bits per heavy atom. The zero-order chi connectivity index (χ0) is 18.4. The number of benzene rings is 1. The molecule has 0 heterocycles. The monoisotopic (exact) mass is 352 g/mol. The molecule has 140 valence electrons. The smallest absolute Gasteiger partial charge is 0.407 e. The molecule has 2 unspecified atom stereocenters. The maximum atomic E-state index is 13.5. The fourth-order valence-electron chi connectivity index (χ4n) is 3.09. The summed E-state index contributed by atoms with van der Waals surface area (Å²) in [5, 5.41) is 15.7. The van der Waals surface area contributed by atoms with E-state index in [1.54, 1.807) is 6.07 Å². The van der Waals surface area contributed by atoms with Crippen LogP contribution in [0.1, 0.15) is 58.4 Å². The highest BCUT2D eigenvalue weighted by molar-refractivity contribution is 5.68. The summed E-state index contributed by atoms with van der Waals surface area (Å²) in [7, 11) is 0. The summed E-state index contributed by atoms with van der Waals surface area (Å²) in [5.74, 6) is -0.966. The molecular formula is C19H29FN2O3. The molecule has 1 aliphatic rings. The molecule has 25 heavy (non-hydrogen) atoms. The van der Waals surface area contributed by atoms with Crippen LogP contribution in [0.3, 0.4) is 0 Å². The molecule has 0 bridgehead atoms. The second-order valence-electron chi connectivity index (χ2n) is 7.66. The summed E-state index contributed by atoms with van der Waals surface area (Å²) in [6, 6.07) is 4.47. The summed E-state index contributed by atoms with van der Waals surface area (Å²) in [6.07, 6.45) is 4.72. The minimum Gasteiger partial charge on any atom is -0.505 e. The fourth-order valence-corrected chi connectivity index (χ4v) is 3.09. The lowest BCUT2D eigenvalue weighted by atomic mass is 10.0. The van der Waals surface area contributed by atoms with E-state index < -0.39 is 17.5 Å². The Balaban J connectivity index is 1.96. The Morgan fingerprint density at radius 2 is 1.92 bits per heavy atom. The summed E-state index contributed by atoms with van der Waals surface area (Å²) in [5.41, 5.74) is 0.233. The second kappa shape index (κ2) is 8.52. The number of aromatic hydroxyl groups is 1. The SMILES string of the molecule is CC(C)(C)OC(=O)NC1CCCCCC1NCc1ccc(O)c(F)c1. The van der Waals surface area contributed by atoms with E-state index in [0.29, 0.717) is 6.54 Å². The number of carbonyl (C=O) groups is 1. The first-order chi connectivity index (χ1) is 11.7. The van der Waals surface area contributed by atoms with Crippen molar-refractivity contribution in [2.45, 2.75) is 77.1 Å². The maximum absolute atomic E-state index is 13.5. The van der Waals surface area contributed by atoms with Gasteiger partial charge in [0.05, 0.1) is 0 Å². The van der Waals surface area contributed by atoms with Crippen LogP contribution in [0.15, 0.2) is 18.2 Å². The summed E-state index contributed by atoms with van der Waals surface area (Å²) >= 11 is 0. The molecule has 0 aliphatic heterocycles. The standard InChI is InChI=1S/C19H29FN2O3/c1-19(2,3)25-18(24)22-16-8-6-4-5-7-15(16)21-12-13-9-10-17(23)14(20)11-13/h9-11,15-16,21,23H,4-8,12H2,1-3H3,(H,22,24). The average molecular weight is 352 g/mol. The predicted molar refractivity (Wildman–Crippen MR) is 94.9 cm³/mol. The number of phenolic OH excluding ortho intramolecular Hbond substituents is 1. The summed E-state index contributed by atoms with van der Waals surface area (Å²) < 4.78 is 18.8. The van der Waals surface area contributed by atoms with E-state index in [4.69, 9.17) is 4.74 Å². The van der Waals surface area contributed by atoms with E-state index >= 15 is 0 Å².